The first kappa shape index (κ1) is 12.9. The first-order valence-electron chi connectivity index (χ1n) is 4.81. The Morgan fingerprint density at radius 1 is 1.46 bits per heavy atom. The minimum Gasteiger partial charge on any atom is -0.381 e. The van der Waals surface area contributed by atoms with E-state index in [1.54, 1.807) is 0 Å². The first-order valence-corrected chi connectivity index (χ1v) is 5.24. The van der Waals surface area contributed by atoms with Gasteiger partial charge in [0.05, 0.1) is 0 Å². The van der Waals surface area contributed by atoms with Crippen LogP contribution in [0.3, 0.4) is 0 Å². The molecule has 0 aliphatic carbocycles. The molecule has 0 rings (SSSR count). The van der Waals surface area contributed by atoms with Crippen LogP contribution >= 0.6 is 11.6 Å². The van der Waals surface area contributed by atoms with E-state index in [9.17, 15) is 0 Å². The van der Waals surface area contributed by atoms with E-state index in [1.807, 2.05) is 6.08 Å². The molecule has 0 amide bonds. The van der Waals surface area contributed by atoms with Crippen LogP contribution in [-0.4, -0.2) is 26.3 Å². The average Bonchev–Trinajstić information content (AvgIpc) is 2.09. The molecule has 0 spiro atoms. The number of hydrogen-bond donors (Lipinski definition) is 1. The molecular formula is C10H20ClNO. The van der Waals surface area contributed by atoms with Crippen molar-refractivity contribution >= 4 is 11.6 Å². The Bertz CT molecular complexity index is 126. The molecule has 3 heteroatoms. The molecule has 0 aliphatic rings. The van der Waals surface area contributed by atoms with Gasteiger partial charge in [-0.15, -0.1) is 0 Å². The standard InChI is InChI=1S/C10H20ClNO/c1-10(2)9-13-8-4-7-12-6-3-5-11/h3,5,10,12H,4,6-9H2,1-2H3/b5-3+. The summed E-state index contributed by atoms with van der Waals surface area (Å²) >= 11 is 5.35. The maximum Gasteiger partial charge on any atom is 0.0489 e. The molecule has 0 bridgehead atoms. The summed E-state index contributed by atoms with van der Waals surface area (Å²) < 4.78 is 5.42. The largest absolute Gasteiger partial charge is 0.381 e. The maximum absolute atomic E-state index is 5.42. The van der Waals surface area contributed by atoms with Gasteiger partial charge in [-0.25, -0.2) is 0 Å². The molecule has 0 aromatic carbocycles. The topological polar surface area (TPSA) is 21.3 Å². The zero-order chi connectivity index (χ0) is 9.94. The van der Waals surface area contributed by atoms with E-state index in [4.69, 9.17) is 16.3 Å². The second-order valence-electron chi connectivity index (χ2n) is 3.39. The lowest BCUT2D eigenvalue weighted by molar-refractivity contribution is 0.108. The fourth-order valence-electron chi connectivity index (χ4n) is 0.848. The highest BCUT2D eigenvalue weighted by Gasteiger charge is 1.92. The quantitative estimate of drug-likeness (QED) is 0.615. The molecule has 0 saturated heterocycles. The molecule has 0 atom stereocenters. The number of rotatable bonds is 8. The second kappa shape index (κ2) is 10.0. The number of nitrogens with one attached hydrogen (secondary N) is 1. The average molecular weight is 206 g/mol. The molecule has 13 heavy (non-hydrogen) atoms. The summed E-state index contributed by atoms with van der Waals surface area (Å²) in [6.45, 7) is 7.84. The number of ether oxygens (including phenoxy) is 1. The van der Waals surface area contributed by atoms with E-state index in [1.165, 1.54) is 5.54 Å². The Balaban J connectivity index is 2.91. The van der Waals surface area contributed by atoms with Gasteiger partial charge < -0.3 is 10.1 Å². The molecule has 0 heterocycles. The van der Waals surface area contributed by atoms with E-state index in [2.05, 4.69) is 19.2 Å². The summed E-state index contributed by atoms with van der Waals surface area (Å²) in [5.74, 6) is 0.632. The van der Waals surface area contributed by atoms with Crippen LogP contribution in [0, 0.1) is 5.92 Å². The fraction of sp³-hybridized carbons (Fsp3) is 0.800. The summed E-state index contributed by atoms with van der Waals surface area (Å²) in [6, 6.07) is 0. The summed E-state index contributed by atoms with van der Waals surface area (Å²) in [6.07, 6.45) is 2.94. The van der Waals surface area contributed by atoms with Crippen molar-refractivity contribution in [1.29, 1.82) is 0 Å². The van der Waals surface area contributed by atoms with Crippen LogP contribution in [0.25, 0.3) is 0 Å². The molecule has 0 aromatic rings. The second-order valence-corrected chi connectivity index (χ2v) is 3.64. The highest BCUT2D eigenvalue weighted by Crippen LogP contribution is 1.92. The van der Waals surface area contributed by atoms with Gasteiger partial charge in [0, 0.05) is 25.3 Å². The normalized spacial score (nSPS) is 11.7. The maximum atomic E-state index is 5.42. The summed E-state index contributed by atoms with van der Waals surface area (Å²) in [5, 5.41) is 3.22. The predicted molar refractivity (Wildman–Crippen MR) is 58.1 cm³/mol. The van der Waals surface area contributed by atoms with E-state index >= 15 is 0 Å². The Kier molecular flexibility index (Phi) is 10.00. The van der Waals surface area contributed by atoms with Crippen LogP contribution in [0.2, 0.25) is 0 Å². The zero-order valence-corrected chi connectivity index (χ0v) is 9.31. The molecule has 78 valence electrons. The summed E-state index contributed by atoms with van der Waals surface area (Å²) in [7, 11) is 0. The fourth-order valence-corrected chi connectivity index (χ4v) is 0.937. The van der Waals surface area contributed by atoms with Crippen LogP contribution < -0.4 is 5.32 Å². The Morgan fingerprint density at radius 2 is 2.23 bits per heavy atom. The third-order valence-electron chi connectivity index (χ3n) is 1.44. The lowest BCUT2D eigenvalue weighted by Crippen LogP contribution is -2.17. The van der Waals surface area contributed by atoms with E-state index in [0.717, 1.165) is 32.7 Å². The molecule has 1 N–H and O–H groups in total. The van der Waals surface area contributed by atoms with Crippen molar-refractivity contribution in [2.75, 3.05) is 26.3 Å². The minimum absolute atomic E-state index is 0.632. The Hall–Kier alpha value is -0.0500. The summed E-state index contributed by atoms with van der Waals surface area (Å²) in [4.78, 5) is 0. The zero-order valence-electron chi connectivity index (χ0n) is 8.55. The highest BCUT2D eigenvalue weighted by atomic mass is 35.5. The van der Waals surface area contributed by atoms with E-state index < -0.39 is 0 Å². The van der Waals surface area contributed by atoms with Gasteiger partial charge in [-0.05, 0) is 18.9 Å². The molecule has 0 saturated carbocycles. The smallest absolute Gasteiger partial charge is 0.0489 e. The van der Waals surface area contributed by atoms with Gasteiger partial charge in [0.15, 0.2) is 0 Å². The Labute approximate surface area is 86.3 Å². The third kappa shape index (κ3) is 12.0. The first-order chi connectivity index (χ1) is 6.27. The van der Waals surface area contributed by atoms with E-state index in [-0.39, 0.29) is 0 Å². The van der Waals surface area contributed by atoms with Crippen molar-refractivity contribution in [3.8, 4) is 0 Å². The van der Waals surface area contributed by atoms with Crippen molar-refractivity contribution in [3.63, 3.8) is 0 Å². The molecular weight excluding hydrogens is 186 g/mol. The van der Waals surface area contributed by atoms with Gasteiger partial charge in [-0.1, -0.05) is 31.5 Å². The summed E-state index contributed by atoms with van der Waals surface area (Å²) in [5.41, 5.74) is 1.53. The molecule has 0 fully saturated rings. The van der Waals surface area contributed by atoms with Crippen LogP contribution in [0.15, 0.2) is 11.6 Å². The van der Waals surface area contributed by atoms with Gasteiger partial charge in [0.1, 0.15) is 0 Å². The van der Waals surface area contributed by atoms with Crippen molar-refractivity contribution in [2.45, 2.75) is 20.3 Å². The monoisotopic (exact) mass is 205 g/mol. The van der Waals surface area contributed by atoms with Crippen molar-refractivity contribution in [1.82, 2.24) is 5.32 Å². The Morgan fingerprint density at radius 3 is 2.85 bits per heavy atom. The van der Waals surface area contributed by atoms with Gasteiger partial charge in [-0.2, -0.15) is 0 Å². The lowest BCUT2D eigenvalue weighted by Gasteiger charge is -2.06. The van der Waals surface area contributed by atoms with Crippen LogP contribution in [0.1, 0.15) is 20.3 Å². The van der Waals surface area contributed by atoms with Crippen molar-refractivity contribution < 1.29 is 4.74 Å². The van der Waals surface area contributed by atoms with Gasteiger partial charge in [0.2, 0.25) is 0 Å². The van der Waals surface area contributed by atoms with Crippen molar-refractivity contribution in [3.05, 3.63) is 11.6 Å². The molecule has 2 nitrogen and oxygen atoms in total. The van der Waals surface area contributed by atoms with Gasteiger partial charge in [0.25, 0.3) is 0 Å². The SMILES string of the molecule is CC(C)COCCCNC/C=C/Cl. The molecule has 0 radical (unpaired) electrons. The van der Waals surface area contributed by atoms with Gasteiger partial charge >= 0.3 is 0 Å². The molecule has 0 aromatic heterocycles. The minimum atomic E-state index is 0.632. The van der Waals surface area contributed by atoms with Crippen LogP contribution in [-0.2, 0) is 4.74 Å². The van der Waals surface area contributed by atoms with Crippen LogP contribution in [0.5, 0.6) is 0 Å². The number of halogens is 1. The van der Waals surface area contributed by atoms with Gasteiger partial charge in [-0.3, -0.25) is 0 Å². The highest BCUT2D eigenvalue weighted by molar-refractivity contribution is 6.25. The van der Waals surface area contributed by atoms with Crippen LogP contribution in [0.4, 0.5) is 0 Å². The number of hydrogen-bond acceptors (Lipinski definition) is 2. The lowest BCUT2D eigenvalue weighted by atomic mass is 10.2. The van der Waals surface area contributed by atoms with E-state index in [0.29, 0.717) is 5.92 Å². The van der Waals surface area contributed by atoms with Crippen molar-refractivity contribution in [2.24, 2.45) is 5.92 Å². The predicted octanol–water partition coefficient (Wildman–Crippen LogP) is 2.39. The molecule has 0 aliphatic heterocycles. The molecule has 0 unspecified atom stereocenters. The third-order valence-corrected chi connectivity index (χ3v) is 1.62.